The molecule has 10 heteroatoms. The number of hydrogen-bond acceptors (Lipinski definition) is 5. The van der Waals surface area contributed by atoms with Crippen LogP contribution in [0.15, 0.2) is 54.3 Å². The summed E-state index contributed by atoms with van der Waals surface area (Å²) in [6.45, 7) is 0.145. The summed E-state index contributed by atoms with van der Waals surface area (Å²) in [5.74, 6) is -0.666. The predicted molar refractivity (Wildman–Crippen MR) is 94.4 cm³/mol. The van der Waals surface area contributed by atoms with Gasteiger partial charge in [0.1, 0.15) is 0 Å². The van der Waals surface area contributed by atoms with Crippen LogP contribution in [0.2, 0.25) is 0 Å². The van der Waals surface area contributed by atoms with Crippen LogP contribution in [0.25, 0.3) is 0 Å². The van der Waals surface area contributed by atoms with Gasteiger partial charge < -0.3 is 4.90 Å². The highest BCUT2D eigenvalue weighted by atomic mass is 32.2. The van der Waals surface area contributed by atoms with E-state index < -0.39 is 33.5 Å². The van der Waals surface area contributed by atoms with Crippen LogP contribution in [0, 0.1) is 0 Å². The largest absolute Gasteiger partial charge is 0.417 e. The zero-order valence-electron chi connectivity index (χ0n) is 14.5. The summed E-state index contributed by atoms with van der Waals surface area (Å²) in [5, 5.41) is 1.07. The molecule has 1 atom stereocenters. The number of sulfone groups is 1. The second-order valence-electron chi connectivity index (χ2n) is 6.32. The third-order valence-electron chi connectivity index (χ3n) is 4.22. The van der Waals surface area contributed by atoms with Crippen molar-refractivity contribution in [3.8, 4) is 0 Å². The molecule has 148 valence electrons. The van der Waals surface area contributed by atoms with Crippen molar-refractivity contribution in [1.29, 1.82) is 0 Å². The summed E-state index contributed by atoms with van der Waals surface area (Å²) in [4.78, 5) is 21.8. The van der Waals surface area contributed by atoms with Gasteiger partial charge in [-0.3, -0.25) is 14.8 Å². The number of halogens is 3. The summed E-state index contributed by atoms with van der Waals surface area (Å²) in [5.41, 5.74) is 0.0196. The van der Waals surface area contributed by atoms with Gasteiger partial charge in [-0.25, -0.2) is 8.42 Å². The molecule has 0 saturated carbocycles. The fourth-order valence-corrected chi connectivity index (χ4v) is 4.08. The second-order valence-corrected chi connectivity index (χ2v) is 8.25. The van der Waals surface area contributed by atoms with Gasteiger partial charge in [0.15, 0.2) is 9.84 Å². The summed E-state index contributed by atoms with van der Waals surface area (Å²) in [6.07, 6.45) is 0.469. The molecule has 1 amide bonds. The van der Waals surface area contributed by atoms with Crippen LogP contribution < -0.4 is 0 Å². The highest BCUT2D eigenvalue weighted by Gasteiger charge is 2.32. The first-order valence-electron chi connectivity index (χ1n) is 8.25. The minimum Gasteiger partial charge on any atom is -0.331 e. The Morgan fingerprint density at radius 3 is 2.43 bits per heavy atom. The molecular formula is C18H16F3N3O3S. The average Bonchev–Trinajstić information content (AvgIpc) is 2.99. The molecule has 3 heterocycles. The van der Waals surface area contributed by atoms with E-state index in [0.29, 0.717) is 6.20 Å². The van der Waals surface area contributed by atoms with E-state index in [2.05, 4.69) is 9.97 Å². The number of pyridine rings is 2. The minimum atomic E-state index is -4.51. The molecule has 6 nitrogen and oxygen atoms in total. The van der Waals surface area contributed by atoms with Crippen LogP contribution in [-0.4, -0.2) is 41.0 Å². The monoisotopic (exact) mass is 411 g/mol. The van der Waals surface area contributed by atoms with Gasteiger partial charge >= 0.3 is 6.18 Å². The summed E-state index contributed by atoms with van der Waals surface area (Å²) in [7, 11) is -3.39. The van der Waals surface area contributed by atoms with Gasteiger partial charge in [0.2, 0.25) is 5.91 Å². The molecule has 0 spiro atoms. The van der Waals surface area contributed by atoms with Gasteiger partial charge in [0.05, 0.1) is 23.8 Å². The maximum Gasteiger partial charge on any atom is 0.417 e. The van der Waals surface area contributed by atoms with Crippen molar-refractivity contribution in [2.45, 2.75) is 25.2 Å². The number of carbonyl (C=O) groups excluding carboxylic acids is 1. The van der Waals surface area contributed by atoms with Gasteiger partial charge in [-0.15, -0.1) is 0 Å². The number of rotatable bonds is 5. The van der Waals surface area contributed by atoms with E-state index in [1.165, 1.54) is 11.0 Å². The van der Waals surface area contributed by atoms with Crippen LogP contribution in [0.4, 0.5) is 13.2 Å². The molecule has 0 aliphatic carbocycles. The molecule has 1 aliphatic heterocycles. The Hall–Kier alpha value is -2.75. The van der Waals surface area contributed by atoms with Crippen molar-refractivity contribution in [1.82, 2.24) is 14.9 Å². The van der Waals surface area contributed by atoms with E-state index in [1.807, 2.05) is 0 Å². The minimum absolute atomic E-state index is 0.145. The first kappa shape index (κ1) is 20.0. The smallest absolute Gasteiger partial charge is 0.331 e. The highest BCUT2D eigenvalue weighted by Crippen LogP contribution is 2.28. The molecule has 1 unspecified atom stereocenters. The Bertz CT molecular complexity index is 975. The predicted octanol–water partition coefficient (Wildman–Crippen LogP) is 2.38. The van der Waals surface area contributed by atoms with Crippen molar-refractivity contribution in [2.24, 2.45) is 0 Å². The molecule has 0 N–H and O–H groups in total. The Kier molecular flexibility index (Phi) is 5.50. The quantitative estimate of drug-likeness (QED) is 0.755. The normalized spacial score (nSPS) is 18.2. The fraction of sp³-hybridized carbons (Fsp3) is 0.278. The number of carbonyl (C=O) groups is 1. The van der Waals surface area contributed by atoms with Crippen LogP contribution in [0.5, 0.6) is 0 Å². The molecule has 28 heavy (non-hydrogen) atoms. The van der Waals surface area contributed by atoms with Crippen LogP contribution in [-0.2, 0) is 33.8 Å². The molecule has 2 aromatic heterocycles. The van der Waals surface area contributed by atoms with E-state index in [1.54, 1.807) is 24.5 Å². The Morgan fingerprint density at radius 2 is 1.89 bits per heavy atom. The average molecular weight is 411 g/mol. The molecule has 1 aliphatic rings. The van der Waals surface area contributed by atoms with E-state index >= 15 is 0 Å². The molecule has 0 bridgehead atoms. The Balaban J connectivity index is 1.79. The lowest BCUT2D eigenvalue weighted by atomic mass is 10.1. The van der Waals surface area contributed by atoms with E-state index in [-0.39, 0.29) is 24.4 Å². The maximum atomic E-state index is 12.8. The molecule has 2 aromatic rings. The van der Waals surface area contributed by atoms with Gasteiger partial charge in [0.25, 0.3) is 0 Å². The maximum absolute atomic E-state index is 12.8. The van der Waals surface area contributed by atoms with Crippen molar-refractivity contribution in [3.05, 3.63) is 71.2 Å². The number of alkyl halides is 3. The number of hydrogen-bond donors (Lipinski definition) is 0. The van der Waals surface area contributed by atoms with E-state index in [0.717, 1.165) is 23.1 Å². The van der Waals surface area contributed by atoms with Crippen LogP contribution in [0.1, 0.15) is 16.8 Å². The van der Waals surface area contributed by atoms with Crippen molar-refractivity contribution < 1.29 is 26.4 Å². The van der Waals surface area contributed by atoms with Crippen LogP contribution >= 0.6 is 0 Å². The zero-order chi connectivity index (χ0) is 20.4. The third-order valence-corrected chi connectivity index (χ3v) is 5.60. The summed E-state index contributed by atoms with van der Waals surface area (Å²) >= 11 is 0. The van der Waals surface area contributed by atoms with Crippen molar-refractivity contribution >= 4 is 15.7 Å². The molecule has 0 fully saturated rings. The number of amides is 1. The summed E-state index contributed by atoms with van der Waals surface area (Å²) in [6, 6.07) is 4.75. The Labute approximate surface area is 159 Å². The Morgan fingerprint density at radius 1 is 1.18 bits per heavy atom. The van der Waals surface area contributed by atoms with E-state index in [4.69, 9.17) is 0 Å². The van der Waals surface area contributed by atoms with Gasteiger partial charge in [-0.05, 0) is 35.9 Å². The van der Waals surface area contributed by atoms with Crippen molar-refractivity contribution in [3.63, 3.8) is 0 Å². The van der Waals surface area contributed by atoms with Crippen LogP contribution in [0.3, 0.4) is 0 Å². The van der Waals surface area contributed by atoms with Gasteiger partial charge in [-0.1, -0.05) is 0 Å². The third kappa shape index (κ3) is 4.94. The standard InChI is InChI=1S/C18H16F3N3O3S/c19-18(20,21)14-1-2-15(23-10-14)9-17(25)24(11-13-3-6-22-7-4-13)16-5-8-28(26,27)12-16/h1-8,10,16H,9,11-12H2. The zero-order valence-corrected chi connectivity index (χ0v) is 15.3. The molecule has 3 rings (SSSR count). The SMILES string of the molecule is O=C(Cc1ccc(C(F)(F)F)cn1)N(Cc1ccncc1)C1C=CS(=O)(=O)C1. The van der Waals surface area contributed by atoms with Gasteiger partial charge in [-0.2, -0.15) is 13.2 Å². The second kappa shape index (κ2) is 7.70. The lowest BCUT2D eigenvalue weighted by Crippen LogP contribution is -2.41. The van der Waals surface area contributed by atoms with E-state index in [9.17, 15) is 26.4 Å². The molecule has 0 aromatic carbocycles. The number of nitrogens with zero attached hydrogens (tertiary/aromatic N) is 3. The highest BCUT2D eigenvalue weighted by molar-refractivity contribution is 7.94. The first-order chi connectivity index (χ1) is 13.1. The first-order valence-corrected chi connectivity index (χ1v) is 9.97. The van der Waals surface area contributed by atoms with Gasteiger partial charge in [0, 0.05) is 36.2 Å². The summed E-state index contributed by atoms with van der Waals surface area (Å²) < 4.78 is 61.4. The lowest BCUT2D eigenvalue weighted by Gasteiger charge is -2.27. The molecule has 0 saturated heterocycles. The molecule has 0 radical (unpaired) electrons. The topological polar surface area (TPSA) is 80.2 Å². The fourth-order valence-electron chi connectivity index (χ4n) is 2.78. The molecular weight excluding hydrogens is 395 g/mol. The number of aromatic nitrogens is 2. The lowest BCUT2D eigenvalue weighted by molar-refractivity contribution is -0.137. The van der Waals surface area contributed by atoms with Crippen molar-refractivity contribution in [2.75, 3.05) is 5.75 Å².